The van der Waals surface area contributed by atoms with Crippen LogP contribution >= 0.6 is 0 Å². The maximum atomic E-state index is 13.1. The maximum Gasteiger partial charge on any atom is 0.241 e. The second kappa shape index (κ2) is 6.15. The highest BCUT2D eigenvalue weighted by molar-refractivity contribution is 7.89. The third-order valence-corrected chi connectivity index (χ3v) is 4.45. The average molecular weight is 306 g/mol. The highest BCUT2D eigenvalue weighted by Crippen LogP contribution is 2.20. The minimum Gasteiger partial charge on any atom is -0.329 e. The fourth-order valence-corrected chi connectivity index (χ4v) is 3.60. The normalized spacial score (nSPS) is 15.3. The van der Waals surface area contributed by atoms with Gasteiger partial charge in [-0.1, -0.05) is 13.8 Å². The van der Waals surface area contributed by atoms with Crippen LogP contribution in [0.3, 0.4) is 0 Å². The zero-order valence-corrected chi connectivity index (χ0v) is 12.6. The molecule has 1 atom stereocenters. The van der Waals surface area contributed by atoms with Crippen LogP contribution in [0.25, 0.3) is 0 Å². The van der Waals surface area contributed by atoms with E-state index in [9.17, 15) is 17.2 Å². The molecule has 20 heavy (non-hydrogen) atoms. The molecule has 0 aromatic heterocycles. The summed E-state index contributed by atoms with van der Waals surface area (Å²) in [7, 11) is -4.03. The molecule has 3 N–H and O–H groups in total. The van der Waals surface area contributed by atoms with Crippen molar-refractivity contribution in [3.8, 4) is 0 Å². The lowest BCUT2D eigenvalue weighted by atomic mass is 9.92. The molecule has 7 heteroatoms. The lowest BCUT2D eigenvalue weighted by Crippen LogP contribution is -2.52. The van der Waals surface area contributed by atoms with Crippen molar-refractivity contribution < 1.29 is 17.2 Å². The summed E-state index contributed by atoms with van der Waals surface area (Å²) in [6.45, 7) is 5.62. The zero-order valence-electron chi connectivity index (χ0n) is 11.8. The van der Waals surface area contributed by atoms with Crippen molar-refractivity contribution in [1.82, 2.24) is 4.72 Å². The van der Waals surface area contributed by atoms with E-state index in [4.69, 9.17) is 5.73 Å². The van der Waals surface area contributed by atoms with Gasteiger partial charge in [0, 0.05) is 18.2 Å². The fraction of sp³-hybridized carbons (Fsp3) is 0.538. The van der Waals surface area contributed by atoms with Gasteiger partial charge in [0.05, 0.1) is 4.90 Å². The molecule has 0 spiro atoms. The Bertz CT molecular complexity index is 555. The number of hydrogen-bond donors (Lipinski definition) is 2. The molecule has 1 aromatic carbocycles. The highest BCUT2D eigenvalue weighted by atomic mass is 32.2. The van der Waals surface area contributed by atoms with E-state index in [2.05, 4.69) is 4.72 Å². The van der Waals surface area contributed by atoms with Gasteiger partial charge in [-0.3, -0.25) is 0 Å². The Morgan fingerprint density at radius 2 is 1.75 bits per heavy atom. The summed E-state index contributed by atoms with van der Waals surface area (Å²) in [4.78, 5) is -0.446. The molecule has 0 bridgehead atoms. The Morgan fingerprint density at radius 3 is 2.15 bits per heavy atom. The predicted molar refractivity (Wildman–Crippen MR) is 73.6 cm³/mol. The topological polar surface area (TPSA) is 72.2 Å². The van der Waals surface area contributed by atoms with Gasteiger partial charge in [0.1, 0.15) is 11.6 Å². The molecule has 114 valence electrons. The number of hydrogen-bond acceptors (Lipinski definition) is 3. The van der Waals surface area contributed by atoms with E-state index in [-0.39, 0.29) is 12.5 Å². The molecule has 0 saturated heterocycles. The standard InChI is InChI=1S/C13H20F2N2O2S/c1-9(2)7-13(3,8-16)17-20(18,19)12-5-10(14)4-11(15)6-12/h4-6,9,17H,7-8,16H2,1-3H3. The molecule has 1 unspecified atom stereocenters. The largest absolute Gasteiger partial charge is 0.329 e. The molecule has 0 amide bonds. The van der Waals surface area contributed by atoms with Gasteiger partial charge in [-0.2, -0.15) is 0 Å². The van der Waals surface area contributed by atoms with Crippen molar-refractivity contribution in [2.45, 2.75) is 37.6 Å². The second-order valence-corrected chi connectivity index (χ2v) is 7.26. The van der Waals surface area contributed by atoms with E-state index in [1.807, 2.05) is 13.8 Å². The highest BCUT2D eigenvalue weighted by Gasteiger charge is 2.30. The molecule has 0 aliphatic carbocycles. The van der Waals surface area contributed by atoms with Crippen molar-refractivity contribution in [1.29, 1.82) is 0 Å². The Balaban J connectivity index is 3.10. The van der Waals surface area contributed by atoms with Crippen LogP contribution < -0.4 is 10.5 Å². The van der Waals surface area contributed by atoms with Crippen LogP contribution in [0.1, 0.15) is 27.2 Å². The quantitative estimate of drug-likeness (QED) is 0.844. The van der Waals surface area contributed by atoms with Crippen LogP contribution in [-0.2, 0) is 10.0 Å². The third kappa shape index (κ3) is 4.50. The minimum atomic E-state index is -4.03. The van der Waals surface area contributed by atoms with Crippen LogP contribution in [0.5, 0.6) is 0 Å². The number of nitrogens with one attached hydrogen (secondary N) is 1. The third-order valence-electron chi connectivity index (χ3n) is 2.84. The Morgan fingerprint density at radius 1 is 1.25 bits per heavy atom. The zero-order chi connectivity index (χ0) is 15.6. The lowest BCUT2D eigenvalue weighted by Gasteiger charge is -2.30. The molecule has 4 nitrogen and oxygen atoms in total. The van der Waals surface area contributed by atoms with Crippen molar-refractivity contribution >= 4 is 10.0 Å². The van der Waals surface area contributed by atoms with Crippen molar-refractivity contribution in [2.24, 2.45) is 11.7 Å². The first-order chi connectivity index (χ1) is 9.08. The van der Waals surface area contributed by atoms with E-state index in [0.29, 0.717) is 12.5 Å². The van der Waals surface area contributed by atoms with E-state index in [1.54, 1.807) is 6.92 Å². The Hall–Kier alpha value is -1.05. The predicted octanol–water partition coefficient (Wildman–Crippen LogP) is 2.01. The summed E-state index contributed by atoms with van der Waals surface area (Å²) in [5.41, 5.74) is 4.76. The molecular formula is C13H20F2N2O2S. The summed E-state index contributed by atoms with van der Waals surface area (Å²) in [5.74, 6) is -1.66. The fourth-order valence-electron chi connectivity index (χ4n) is 2.13. The summed E-state index contributed by atoms with van der Waals surface area (Å²) >= 11 is 0. The number of rotatable bonds is 6. The molecule has 0 radical (unpaired) electrons. The van der Waals surface area contributed by atoms with Crippen molar-refractivity contribution in [2.75, 3.05) is 6.54 Å². The van der Waals surface area contributed by atoms with Crippen molar-refractivity contribution in [3.05, 3.63) is 29.8 Å². The van der Waals surface area contributed by atoms with Crippen LogP contribution in [0.4, 0.5) is 8.78 Å². The first-order valence-electron chi connectivity index (χ1n) is 6.28. The number of nitrogens with two attached hydrogens (primary N) is 1. The molecule has 0 aliphatic heterocycles. The van der Waals surface area contributed by atoms with Crippen LogP contribution in [0, 0.1) is 17.6 Å². The van der Waals surface area contributed by atoms with Gasteiger partial charge in [-0.15, -0.1) is 0 Å². The number of sulfonamides is 1. The van der Waals surface area contributed by atoms with Gasteiger partial charge in [-0.05, 0) is 31.4 Å². The first kappa shape index (κ1) is 17.0. The Labute approximate surface area is 118 Å². The molecule has 1 aromatic rings. The van der Waals surface area contributed by atoms with E-state index < -0.39 is 32.1 Å². The van der Waals surface area contributed by atoms with E-state index in [0.717, 1.165) is 12.1 Å². The lowest BCUT2D eigenvalue weighted by molar-refractivity contribution is 0.344. The van der Waals surface area contributed by atoms with E-state index in [1.165, 1.54) is 0 Å². The Kier molecular flexibility index (Phi) is 5.23. The SMILES string of the molecule is CC(C)CC(C)(CN)NS(=O)(=O)c1cc(F)cc(F)c1. The summed E-state index contributed by atoms with van der Waals surface area (Å²) in [6.07, 6.45) is 0.514. The van der Waals surface area contributed by atoms with Gasteiger partial charge in [0.2, 0.25) is 10.0 Å². The van der Waals surface area contributed by atoms with Gasteiger partial charge in [-0.25, -0.2) is 21.9 Å². The number of halogens is 2. The molecular weight excluding hydrogens is 286 g/mol. The van der Waals surface area contributed by atoms with E-state index >= 15 is 0 Å². The molecule has 0 fully saturated rings. The van der Waals surface area contributed by atoms with Crippen molar-refractivity contribution in [3.63, 3.8) is 0 Å². The monoisotopic (exact) mass is 306 g/mol. The van der Waals surface area contributed by atoms with Gasteiger partial charge < -0.3 is 5.73 Å². The molecule has 0 heterocycles. The summed E-state index contributed by atoms with van der Waals surface area (Å²) in [6, 6.07) is 2.17. The van der Waals surface area contributed by atoms with Gasteiger partial charge >= 0.3 is 0 Å². The minimum absolute atomic E-state index is 0.0855. The summed E-state index contributed by atoms with van der Waals surface area (Å²) < 4.78 is 53.1. The molecule has 1 rings (SSSR count). The van der Waals surface area contributed by atoms with Gasteiger partial charge in [0.15, 0.2) is 0 Å². The number of benzene rings is 1. The summed E-state index contributed by atoms with van der Waals surface area (Å²) in [5, 5.41) is 0. The second-order valence-electron chi connectivity index (χ2n) is 5.57. The smallest absolute Gasteiger partial charge is 0.241 e. The first-order valence-corrected chi connectivity index (χ1v) is 7.76. The average Bonchev–Trinajstić information content (AvgIpc) is 2.25. The molecule has 0 aliphatic rings. The van der Waals surface area contributed by atoms with Crippen LogP contribution in [0.15, 0.2) is 23.1 Å². The maximum absolute atomic E-state index is 13.1. The molecule has 0 saturated carbocycles. The van der Waals surface area contributed by atoms with Gasteiger partial charge in [0.25, 0.3) is 0 Å². The van der Waals surface area contributed by atoms with Crippen LogP contribution in [-0.4, -0.2) is 20.5 Å². The van der Waals surface area contributed by atoms with Crippen LogP contribution in [0.2, 0.25) is 0 Å².